The van der Waals surface area contributed by atoms with Gasteiger partial charge in [0, 0.05) is 13.2 Å². The second kappa shape index (κ2) is 4.56. The Morgan fingerprint density at radius 1 is 1.42 bits per heavy atom. The molecule has 1 heterocycles. The molecule has 66 valence electrons. The highest BCUT2D eigenvalue weighted by atomic mass is 16.5. The Kier molecular flexibility index (Phi) is 3.35. The van der Waals surface area contributed by atoms with E-state index in [1.165, 1.54) is 12.3 Å². The summed E-state index contributed by atoms with van der Waals surface area (Å²) < 4.78 is 9.94. The average Bonchev–Trinajstić information content (AvgIpc) is 2.09. The molecule has 1 rings (SSSR count). The van der Waals surface area contributed by atoms with Crippen LogP contribution in [0.4, 0.5) is 0 Å². The third-order valence-corrected chi connectivity index (χ3v) is 1.26. The van der Waals surface area contributed by atoms with Gasteiger partial charge in [-0.05, 0) is 6.07 Å². The summed E-state index contributed by atoms with van der Waals surface area (Å²) in [5.41, 5.74) is 0. The zero-order chi connectivity index (χ0) is 8.81. The van der Waals surface area contributed by atoms with Crippen molar-refractivity contribution >= 4 is 0 Å². The van der Waals surface area contributed by atoms with Gasteiger partial charge in [-0.1, -0.05) is 0 Å². The van der Waals surface area contributed by atoms with E-state index < -0.39 is 0 Å². The summed E-state index contributed by atoms with van der Waals surface area (Å²) in [4.78, 5) is 3.82. The number of ether oxygens (including phenoxy) is 2. The lowest BCUT2D eigenvalue weighted by atomic mass is 10.4. The van der Waals surface area contributed by atoms with Crippen LogP contribution in [0.1, 0.15) is 0 Å². The normalized spacial score (nSPS) is 9.75. The molecule has 0 spiro atoms. The predicted molar refractivity (Wildman–Crippen MR) is 43.3 cm³/mol. The lowest BCUT2D eigenvalue weighted by molar-refractivity contribution is 0.143. The number of hydrogen-bond donors (Lipinski definition) is 1. The molecule has 0 atom stereocenters. The van der Waals surface area contributed by atoms with Crippen LogP contribution in [0.5, 0.6) is 11.6 Å². The number of nitrogens with zero attached hydrogens (tertiary/aromatic N) is 1. The number of methoxy groups -OCH3 is 1. The second-order valence-corrected chi connectivity index (χ2v) is 2.20. The molecule has 0 unspecified atom stereocenters. The Balaban J connectivity index is 2.37. The third-order valence-electron chi connectivity index (χ3n) is 1.26. The van der Waals surface area contributed by atoms with Gasteiger partial charge < -0.3 is 14.6 Å². The molecule has 4 heteroatoms. The Morgan fingerprint density at radius 2 is 2.25 bits per heavy atom. The van der Waals surface area contributed by atoms with Crippen molar-refractivity contribution in [1.29, 1.82) is 0 Å². The summed E-state index contributed by atoms with van der Waals surface area (Å²) in [6.07, 6.45) is 1.34. The van der Waals surface area contributed by atoms with Crippen molar-refractivity contribution in [2.75, 3.05) is 20.3 Å². The third kappa shape index (κ3) is 2.75. The zero-order valence-electron chi connectivity index (χ0n) is 6.86. The Labute approximate surface area is 70.8 Å². The molecule has 12 heavy (non-hydrogen) atoms. The van der Waals surface area contributed by atoms with Crippen molar-refractivity contribution in [3.05, 3.63) is 18.3 Å². The van der Waals surface area contributed by atoms with E-state index in [2.05, 4.69) is 4.98 Å². The Hall–Kier alpha value is -1.29. The lowest BCUT2D eigenvalue weighted by Crippen LogP contribution is -2.04. The van der Waals surface area contributed by atoms with Crippen LogP contribution in [-0.4, -0.2) is 30.4 Å². The predicted octanol–water partition coefficient (Wildman–Crippen LogP) is 0.812. The summed E-state index contributed by atoms with van der Waals surface area (Å²) in [5, 5.41) is 8.89. The smallest absolute Gasteiger partial charge is 0.213 e. The highest BCUT2D eigenvalue weighted by Crippen LogP contribution is 2.10. The minimum absolute atomic E-state index is 0.133. The summed E-state index contributed by atoms with van der Waals surface area (Å²) in [6, 6.07) is 3.13. The molecule has 4 nitrogen and oxygen atoms in total. The maximum atomic E-state index is 8.89. The quantitative estimate of drug-likeness (QED) is 0.678. The van der Waals surface area contributed by atoms with E-state index >= 15 is 0 Å². The van der Waals surface area contributed by atoms with Gasteiger partial charge >= 0.3 is 0 Å². The van der Waals surface area contributed by atoms with Crippen LogP contribution in [0, 0.1) is 0 Å². The van der Waals surface area contributed by atoms with Crippen LogP contribution in [0.3, 0.4) is 0 Å². The van der Waals surface area contributed by atoms with Crippen LogP contribution in [0.2, 0.25) is 0 Å². The van der Waals surface area contributed by atoms with Crippen molar-refractivity contribution in [3.8, 4) is 11.6 Å². The molecule has 0 aliphatic heterocycles. The minimum atomic E-state index is 0.133. The minimum Gasteiger partial charge on any atom is -0.506 e. The molecule has 0 radical (unpaired) electrons. The summed E-state index contributed by atoms with van der Waals surface area (Å²) in [6.45, 7) is 0.997. The van der Waals surface area contributed by atoms with Crippen molar-refractivity contribution < 1.29 is 14.6 Å². The summed E-state index contributed by atoms with van der Waals surface area (Å²) in [7, 11) is 1.60. The highest BCUT2D eigenvalue weighted by Gasteiger charge is 1.93. The van der Waals surface area contributed by atoms with Gasteiger partial charge in [-0.3, -0.25) is 0 Å². The van der Waals surface area contributed by atoms with E-state index in [0.29, 0.717) is 19.1 Å². The number of pyridine rings is 1. The Bertz CT molecular complexity index is 222. The van der Waals surface area contributed by atoms with E-state index in [0.717, 1.165) is 0 Å². The van der Waals surface area contributed by atoms with Crippen LogP contribution in [0.15, 0.2) is 18.3 Å². The van der Waals surface area contributed by atoms with Crippen molar-refractivity contribution in [3.63, 3.8) is 0 Å². The second-order valence-electron chi connectivity index (χ2n) is 2.20. The fraction of sp³-hybridized carbons (Fsp3) is 0.375. The first-order chi connectivity index (χ1) is 5.83. The van der Waals surface area contributed by atoms with Gasteiger partial charge in [-0.15, -0.1) is 0 Å². The van der Waals surface area contributed by atoms with Gasteiger partial charge in [-0.25, -0.2) is 4.98 Å². The van der Waals surface area contributed by atoms with E-state index in [9.17, 15) is 0 Å². The van der Waals surface area contributed by atoms with Gasteiger partial charge in [0.2, 0.25) is 5.88 Å². The fourth-order valence-electron chi connectivity index (χ4n) is 0.687. The first-order valence-electron chi connectivity index (χ1n) is 3.59. The highest BCUT2D eigenvalue weighted by molar-refractivity contribution is 5.20. The average molecular weight is 169 g/mol. The van der Waals surface area contributed by atoms with Gasteiger partial charge in [0.25, 0.3) is 0 Å². The molecule has 0 saturated carbocycles. The number of aromatic hydroxyl groups is 1. The maximum absolute atomic E-state index is 8.89. The van der Waals surface area contributed by atoms with Gasteiger partial charge in [-0.2, -0.15) is 0 Å². The number of rotatable bonds is 4. The van der Waals surface area contributed by atoms with Gasteiger partial charge in [0.1, 0.15) is 12.4 Å². The van der Waals surface area contributed by atoms with Crippen molar-refractivity contribution in [2.45, 2.75) is 0 Å². The summed E-state index contributed by atoms with van der Waals surface area (Å²) in [5.74, 6) is 0.624. The number of aromatic nitrogens is 1. The van der Waals surface area contributed by atoms with Crippen molar-refractivity contribution in [1.82, 2.24) is 4.98 Å². The van der Waals surface area contributed by atoms with E-state index in [-0.39, 0.29) is 5.75 Å². The Morgan fingerprint density at radius 3 is 2.83 bits per heavy atom. The molecular weight excluding hydrogens is 158 g/mol. The van der Waals surface area contributed by atoms with E-state index in [1.807, 2.05) is 0 Å². The summed E-state index contributed by atoms with van der Waals surface area (Å²) >= 11 is 0. The van der Waals surface area contributed by atoms with E-state index in [1.54, 1.807) is 13.2 Å². The molecule has 0 fully saturated rings. The van der Waals surface area contributed by atoms with Crippen LogP contribution < -0.4 is 4.74 Å². The molecule has 1 aromatic rings. The first-order valence-corrected chi connectivity index (χ1v) is 3.59. The zero-order valence-corrected chi connectivity index (χ0v) is 6.86. The maximum Gasteiger partial charge on any atom is 0.213 e. The molecule has 0 aliphatic rings. The topological polar surface area (TPSA) is 51.6 Å². The molecular formula is C8H11NO3. The molecule has 0 bridgehead atoms. The molecule has 1 aromatic heterocycles. The standard InChI is InChI=1S/C8H11NO3/c1-11-4-5-12-8-3-2-7(10)6-9-8/h2-3,6,10H,4-5H2,1H3. The molecule has 0 aromatic carbocycles. The largest absolute Gasteiger partial charge is 0.506 e. The van der Waals surface area contributed by atoms with Crippen LogP contribution in [-0.2, 0) is 4.74 Å². The molecule has 0 amide bonds. The number of hydrogen-bond acceptors (Lipinski definition) is 4. The van der Waals surface area contributed by atoms with Gasteiger partial charge in [0.05, 0.1) is 12.8 Å². The SMILES string of the molecule is COCCOc1ccc(O)cn1. The van der Waals surface area contributed by atoms with Crippen LogP contribution in [0.25, 0.3) is 0 Å². The lowest BCUT2D eigenvalue weighted by Gasteiger charge is -2.03. The molecule has 0 aliphatic carbocycles. The van der Waals surface area contributed by atoms with Crippen LogP contribution >= 0.6 is 0 Å². The van der Waals surface area contributed by atoms with E-state index in [4.69, 9.17) is 14.6 Å². The van der Waals surface area contributed by atoms with Gasteiger partial charge in [0.15, 0.2) is 0 Å². The fourth-order valence-corrected chi connectivity index (χ4v) is 0.687. The monoisotopic (exact) mass is 169 g/mol. The first kappa shape index (κ1) is 8.80. The molecule has 1 N–H and O–H groups in total. The van der Waals surface area contributed by atoms with Crippen molar-refractivity contribution in [2.24, 2.45) is 0 Å². The molecule has 0 saturated heterocycles.